The summed E-state index contributed by atoms with van der Waals surface area (Å²) in [6.07, 6.45) is 4.16. The Morgan fingerprint density at radius 1 is 1.25 bits per heavy atom. The Bertz CT molecular complexity index is 594. The van der Waals surface area contributed by atoms with Crippen LogP contribution >= 0.6 is 0 Å². The van der Waals surface area contributed by atoms with Crippen LogP contribution in [0.15, 0.2) is 54.3 Å². The summed E-state index contributed by atoms with van der Waals surface area (Å²) in [7, 11) is 0. The summed E-state index contributed by atoms with van der Waals surface area (Å²) in [5, 5.41) is 0. The van der Waals surface area contributed by atoms with Crippen LogP contribution in [0.1, 0.15) is 26.3 Å². The third kappa shape index (κ3) is 2.82. The van der Waals surface area contributed by atoms with Gasteiger partial charge in [-0.05, 0) is 55.3 Å². The Morgan fingerprint density at radius 3 is 2.45 bits per heavy atom. The van der Waals surface area contributed by atoms with Gasteiger partial charge in [0.15, 0.2) is 0 Å². The lowest BCUT2D eigenvalue weighted by Crippen LogP contribution is -2.23. The number of hydrogen-bond donors (Lipinski definition) is 0. The molecule has 1 aliphatic heterocycles. The van der Waals surface area contributed by atoms with E-state index in [2.05, 4.69) is 37.5 Å². The van der Waals surface area contributed by atoms with E-state index >= 15 is 0 Å². The molecule has 1 aromatic carbocycles. The molecule has 0 aliphatic carbocycles. The number of rotatable bonds is 3. The average molecular weight is 269 g/mol. The predicted octanol–water partition coefficient (Wildman–Crippen LogP) is 3.75. The second kappa shape index (κ2) is 5.78. The molecule has 0 N–H and O–H groups in total. The molecule has 0 fully saturated rings. The Hall–Kier alpha value is -2.29. The molecule has 0 saturated heterocycles. The van der Waals surface area contributed by atoms with Crippen LogP contribution in [0.5, 0.6) is 5.75 Å². The van der Waals surface area contributed by atoms with Gasteiger partial charge in [-0.1, -0.05) is 12.7 Å². The second-order valence-corrected chi connectivity index (χ2v) is 4.71. The maximum absolute atomic E-state index is 10.9. The number of carbonyl (C=O) groups excluding carboxylic acids is 1. The zero-order valence-corrected chi connectivity index (χ0v) is 12.1. The SMILES string of the molecule is C=C1C(C)=CC=C(c2ccc(OC(C)=O)cc2)N1CC. The van der Waals surface area contributed by atoms with Crippen LogP contribution in [0.3, 0.4) is 0 Å². The maximum atomic E-state index is 10.9. The first-order valence-electron chi connectivity index (χ1n) is 6.67. The lowest BCUT2D eigenvalue weighted by atomic mass is 10.0. The molecular formula is C17H19NO2. The first-order chi connectivity index (χ1) is 9.52. The normalized spacial score (nSPS) is 14.8. The number of allylic oxidation sites excluding steroid dienone is 3. The van der Waals surface area contributed by atoms with Gasteiger partial charge in [0.2, 0.25) is 0 Å². The minimum atomic E-state index is -0.309. The van der Waals surface area contributed by atoms with Crippen molar-refractivity contribution in [2.75, 3.05) is 6.54 Å². The molecule has 3 nitrogen and oxygen atoms in total. The van der Waals surface area contributed by atoms with Gasteiger partial charge in [-0.25, -0.2) is 0 Å². The number of esters is 1. The van der Waals surface area contributed by atoms with E-state index in [4.69, 9.17) is 4.74 Å². The molecule has 0 atom stereocenters. The van der Waals surface area contributed by atoms with Gasteiger partial charge in [0.05, 0.1) is 0 Å². The number of likely N-dealkylation sites (N-methyl/N-ethyl adjacent to an activating group) is 1. The van der Waals surface area contributed by atoms with Crippen LogP contribution in [0.4, 0.5) is 0 Å². The van der Waals surface area contributed by atoms with E-state index in [1.807, 2.05) is 12.1 Å². The number of carbonyl (C=O) groups is 1. The number of benzene rings is 1. The summed E-state index contributed by atoms with van der Waals surface area (Å²) in [6, 6.07) is 7.52. The molecule has 0 spiro atoms. The molecule has 3 heteroatoms. The summed E-state index contributed by atoms with van der Waals surface area (Å²) in [5.41, 5.74) is 4.38. The fourth-order valence-corrected chi connectivity index (χ4v) is 2.22. The van der Waals surface area contributed by atoms with Crippen molar-refractivity contribution in [1.29, 1.82) is 0 Å². The van der Waals surface area contributed by atoms with E-state index in [0.717, 1.165) is 23.5 Å². The van der Waals surface area contributed by atoms with Crippen molar-refractivity contribution in [3.63, 3.8) is 0 Å². The van der Waals surface area contributed by atoms with E-state index < -0.39 is 0 Å². The third-order valence-electron chi connectivity index (χ3n) is 3.29. The van der Waals surface area contributed by atoms with Crippen LogP contribution in [0, 0.1) is 0 Å². The van der Waals surface area contributed by atoms with E-state index in [1.54, 1.807) is 12.1 Å². The second-order valence-electron chi connectivity index (χ2n) is 4.71. The third-order valence-corrected chi connectivity index (χ3v) is 3.29. The van der Waals surface area contributed by atoms with Gasteiger partial charge < -0.3 is 9.64 Å². The van der Waals surface area contributed by atoms with Crippen molar-refractivity contribution >= 4 is 11.7 Å². The molecular weight excluding hydrogens is 250 g/mol. The lowest BCUT2D eigenvalue weighted by molar-refractivity contribution is -0.131. The van der Waals surface area contributed by atoms with Crippen molar-refractivity contribution in [3.05, 3.63) is 59.8 Å². The van der Waals surface area contributed by atoms with Crippen molar-refractivity contribution in [3.8, 4) is 5.75 Å². The molecule has 0 aromatic heterocycles. The van der Waals surface area contributed by atoms with Gasteiger partial charge in [0, 0.05) is 24.9 Å². The molecule has 0 unspecified atom stereocenters. The molecule has 1 aliphatic rings. The summed E-state index contributed by atoms with van der Waals surface area (Å²) >= 11 is 0. The number of ether oxygens (including phenoxy) is 1. The Morgan fingerprint density at radius 2 is 1.90 bits per heavy atom. The number of nitrogens with zero attached hydrogens (tertiary/aromatic N) is 1. The fraction of sp³-hybridized carbons (Fsp3) is 0.235. The molecule has 0 saturated carbocycles. The Kier molecular flexibility index (Phi) is 4.08. The average Bonchev–Trinajstić information content (AvgIpc) is 2.42. The van der Waals surface area contributed by atoms with Crippen LogP contribution in [0.25, 0.3) is 5.70 Å². The quantitative estimate of drug-likeness (QED) is 0.618. The van der Waals surface area contributed by atoms with Crippen LogP contribution < -0.4 is 4.74 Å². The van der Waals surface area contributed by atoms with Crippen molar-refractivity contribution in [1.82, 2.24) is 4.90 Å². The van der Waals surface area contributed by atoms with Gasteiger partial charge >= 0.3 is 5.97 Å². The number of hydrogen-bond acceptors (Lipinski definition) is 3. The topological polar surface area (TPSA) is 29.5 Å². The first kappa shape index (κ1) is 14.1. The summed E-state index contributed by atoms with van der Waals surface area (Å²) in [5.74, 6) is 0.253. The highest BCUT2D eigenvalue weighted by atomic mass is 16.5. The van der Waals surface area contributed by atoms with E-state index in [1.165, 1.54) is 12.5 Å². The van der Waals surface area contributed by atoms with Gasteiger partial charge in [0.1, 0.15) is 5.75 Å². The predicted molar refractivity (Wildman–Crippen MR) is 81.0 cm³/mol. The van der Waals surface area contributed by atoms with Gasteiger partial charge in [-0.3, -0.25) is 4.79 Å². The van der Waals surface area contributed by atoms with Crippen molar-refractivity contribution in [2.24, 2.45) is 0 Å². The van der Waals surface area contributed by atoms with Gasteiger partial charge in [-0.15, -0.1) is 0 Å². The Labute approximate surface area is 119 Å². The highest BCUT2D eigenvalue weighted by Crippen LogP contribution is 2.30. The zero-order chi connectivity index (χ0) is 14.7. The van der Waals surface area contributed by atoms with Crippen LogP contribution in [0.2, 0.25) is 0 Å². The largest absolute Gasteiger partial charge is 0.427 e. The fourth-order valence-electron chi connectivity index (χ4n) is 2.22. The minimum absolute atomic E-state index is 0.309. The molecule has 104 valence electrons. The molecule has 1 heterocycles. The van der Waals surface area contributed by atoms with Crippen molar-refractivity contribution < 1.29 is 9.53 Å². The van der Waals surface area contributed by atoms with Crippen LogP contribution in [-0.2, 0) is 4.79 Å². The first-order valence-corrected chi connectivity index (χ1v) is 6.67. The molecule has 20 heavy (non-hydrogen) atoms. The summed E-state index contributed by atoms with van der Waals surface area (Å²) < 4.78 is 5.05. The maximum Gasteiger partial charge on any atom is 0.308 e. The van der Waals surface area contributed by atoms with Crippen molar-refractivity contribution in [2.45, 2.75) is 20.8 Å². The van der Waals surface area contributed by atoms with E-state index in [0.29, 0.717) is 5.75 Å². The van der Waals surface area contributed by atoms with Crippen LogP contribution in [-0.4, -0.2) is 17.4 Å². The highest BCUT2D eigenvalue weighted by Gasteiger charge is 2.17. The lowest BCUT2D eigenvalue weighted by Gasteiger charge is -2.31. The van der Waals surface area contributed by atoms with E-state index in [9.17, 15) is 4.79 Å². The standard InChI is InChI=1S/C17H19NO2/c1-5-18-13(3)12(2)6-11-17(18)15-7-9-16(10-8-15)20-14(4)19/h6-11H,3,5H2,1-2,4H3. The minimum Gasteiger partial charge on any atom is -0.427 e. The molecule has 0 amide bonds. The zero-order valence-electron chi connectivity index (χ0n) is 12.1. The van der Waals surface area contributed by atoms with Gasteiger partial charge in [0.25, 0.3) is 0 Å². The smallest absolute Gasteiger partial charge is 0.308 e. The monoisotopic (exact) mass is 269 g/mol. The molecule has 0 radical (unpaired) electrons. The van der Waals surface area contributed by atoms with E-state index in [-0.39, 0.29) is 5.97 Å². The molecule has 1 aromatic rings. The summed E-state index contributed by atoms with van der Waals surface area (Å²) in [6.45, 7) is 10.5. The van der Waals surface area contributed by atoms with Gasteiger partial charge in [-0.2, -0.15) is 0 Å². The molecule has 2 rings (SSSR count). The Balaban J connectivity index is 2.30. The highest BCUT2D eigenvalue weighted by molar-refractivity contribution is 5.72. The summed E-state index contributed by atoms with van der Waals surface area (Å²) in [4.78, 5) is 13.1. The molecule has 0 bridgehead atoms.